The van der Waals surface area contributed by atoms with E-state index in [-0.39, 0.29) is 49.6 Å². The molecule has 0 unspecified atom stereocenters. The zero-order valence-corrected chi connectivity index (χ0v) is 22.9. The van der Waals surface area contributed by atoms with E-state index in [4.69, 9.17) is 42.1 Å². The van der Waals surface area contributed by atoms with Crippen molar-refractivity contribution in [1.29, 1.82) is 0 Å². The van der Waals surface area contributed by atoms with Gasteiger partial charge in [-0.25, -0.2) is 0 Å². The molecule has 0 radical (unpaired) electrons. The van der Waals surface area contributed by atoms with Gasteiger partial charge in [0.25, 0.3) is 0 Å². The number of carbonyl (C=O) groups is 4. The number of methoxy groups -OCH3 is 2. The van der Waals surface area contributed by atoms with Gasteiger partial charge >= 0.3 is 11.9 Å². The molecule has 0 aliphatic carbocycles. The molecule has 2 aromatic rings. The lowest BCUT2D eigenvalue weighted by Gasteiger charge is -2.22. The van der Waals surface area contributed by atoms with Crippen LogP contribution in [0.4, 0.5) is 0 Å². The molecule has 0 bridgehead atoms. The van der Waals surface area contributed by atoms with Crippen molar-refractivity contribution in [3.63, 3.8) is 0 Å². The predicted molar refractivity (Wildman–Crippen MR) is 136 cm³/mol. The molecule has 0 N–H and O–H groups in total. The maximum atomic E-state index is 12.1. The SMILES string of the molecule is COC(=O)[C@]1(CC(=O)c2ccc(Cl)s2)CCOC1.COC(=O)[C@]1(CC(=O)c2ccc(Cl)s2)CCOC1. The lowest BCUT2D eigenvalue weighted by Crippen LogP contribution is -2.35. The van der Waals surface area contributed by atoms with Crippen LogP contribution in [0.25, 0.3) is 0 Å². The zero-order valence-electron chi connectivity index (χ0n) is 19.8. The van der Waals surface area contributed by atoms with E-state index in [1.807, 2.05) is 0 Å². The van der Waals surface area contributed by atoms with E-state index in [9.17, 15) is 19.2 Å². The molecule has 8 nitrogen and oxygen atoms in total. The highest BCUT2D eigenvalue weighted by atomic mass is 35.5. The first kappa shape index (κ1) is 28.7. The number of halogens is 2. The standard InChI is InChI=1S/2C12H13ClO4S/c2*1-16-11(15)12(4-5-17-7-12)6-8(14)9-2-3-10(13)18-9/h2*2-3H,4-7H2,1H3/t2*12-/m00/s1. The molecule has 0 saturated carbocycles. The first-order valence-electron chi connectivity index (χ1n) is 11.0. The normalized spacial score (nSPS) is 23.0. The average Bonchev–Trinajstić information content (AvgIpc) is 3.67. The fourth-order valence-corrected chi connectivity index (χ4v) is 6.07. The van der Waals surface area contributed by atoms with Gasteiger partial charge in [0.15, 0.2) is 11.6 Å². The summed E-state index contributed by atoms with van der Waals surface area (Å²) in [5, 5.41) is 0. The molecule has 2 atom stereocenters. The highest BCUT2D eigenvalue weighted by molar-refractivity contribution is 7.18. The number of hydrogen-bond acceptors (Lipinski definition) is 10. The van der Waals surface area contributed by atoms with Crippen LogP contribution < -0.4 is 0 Å². The molecule has 2 saturated heterocycles. The Balaban J connectivity index is 0.000000201. The summed E-state index contributed by atoms with van der Waals surface area (Å²) in [7, 11) is 2.66. The number of esters is 2. The number of carbonyl (C=O) groups excluding carboxylic acids is 4. The Kier molecular flexibility index (Phi) is 10.1. The van der Waals surface area contributed by atoms with Crippen LogP contribution in [0.1, 0.15) is 45.0 Å². The fraction of sp³-hybridized carbons (Fsp3) is 0.500. The van der Waals surface area contributed by atoms with Crippen LogP contribution >= 0.6 is 45.9 Å². The Morgan fingerprint density at radius 3 is 1.42 bits per heavy atom. The molecule has 196 valence electrons. The molecule has 2 aliphatic rings. The van der Waals surface area contributed by atoms with Crippen molar-refractivity contribution in [2.75, 3.05) is 40.6 Å². The molecule has 0 amide bonds. The Hall–Kier alpha value is -1.82. The predicted octanol–water partition coefficient (Wildman–Crippen LogP) is 5.11. The summed E-state index contributed by atoms with van der Waals surface area (Å²) in [5.41, 5.74) is -1.66. The smallest absolute Gasteiger partial charge is 0.314 e. The third-order valence-corrected chi connectivity index (χ3v) is 8.68. The summed E-state index contributed by atoms with van der Waals surface area (Å²) in [6.45, 7) is 1.44. The number of hydrogen-bond donors (Lipinski definition) is 0. The molecule has 0 spiro atoms. The second-order valence-corrected chi connectivity index (χ2v) is 12.0. The maximum Gasteiger partial charge on any atom is 0.314 e. The van der Waals surface area contributed by atoms with Crippen molar-refractivity contribution in [3.05, 3.63) is 42.7 Å². The monoisotopic (exact) mass is 576 g/mol. The van der Waals surface area contributed by atoms with Gasteiger partial charge in [-0.05, 0) is 37.1 Å². The summed E-state index contributed by atoms with van der Waals surface area (Å²) < 4.78 is 21.2. The summed E-state index contributed by atoms with van der Waals surface area (Å²) in [5.74, 6) is -0.947. The molecule has 4 heterocycles. The highest BCUT2D eigenvalue weighted by Crippen LogP contribution is 2.37. The molecule has 4 rings (SSSR count). The quantitative estimate of drug-likeness (QED) is 0.315. The van der Waals surface area contributed by atoms with Gasteiger partial charge < -0.3 is 18.9 Å². The van der Waals surface area contributed by atoms with Gasteiger partial charge in [0.2, 0.25) is 0 Å². The Morgan fingerprint density at radius 1 is 0.778 bits per heavy atom. The van der Waals surface area contributed by atoms with Crippen LogP contribution in [0.5, 0.6) is 0 Å². The van der Waals surface area contributed by atoms with Crippen molar-refractivity contribution >= 4 is 69.4 Å². The van der Waals surface area contributed by atoms with Crippen molar-refractivity contribution in [2.45, 2.75) is 25.7 Å². The van der Waals surface area contributed by atoms with Gasteiger partial charge in [-0.15, -0.1) is 22.7 Å². The largest absolute Gasteiger partial charge is 0.469 e. The van der Waals surface area contributed by atoms with Gasteiger partial charge in [-0.3, -0.25) is 19.2 Å². The highest BCUT2D eigenvalue weighted by Gasteiger charge is 2.46. The van der Waals surface area contributed by atoms with Crippen molar-refractivity contribution < 1.29 is 38.1 Å². The summed E-state index contributed by atoms with van der Waals surface area (Å²) in [4.78, 5) is 49.0. The van der Waals surface area contributed by atoms with Gasteiger partial charge in [0, 0.05) is 26.1 Å². The number of ketones is 2. The van der Waals surface area contributed by atoms with Crippen molar-refractivity contribution in [3.8, 4) is 0 Å². The molecule has 2 aliphatic heterocycles. The summed E-state index contributed by atoms with van der Waals surface area (Å²) >= 11 is 14.0. The summed E-state index contributed by atoms with van der Waals surface area (Å²) in [6.07, 6.45) is 1.25. The van der Waals surface area contributed by atoms with E-state index in [0.717, 1.165) is 0 Å². The first-order valence-corrected chi connectivity index (χ1v) is 13.4. The molecule has 12 heteroatoms. The number of rotatable bonds is 8. The molecule has 36 heavy (non-hydrogen) atoms. The minimum atomic E-state index is -0.831. The second-order valence-electron chi connectivity index (χ2n) is 8.56. The zero-order chi connectivity index (χ0) is 26.3. The number of thiophene rings is 2. The summed E-state index contributed by atoms with van der Waals surface area (Å²) in [6, 6.07) is 6.71. The van der Waals surface area contributed by atoms with Gasteiger partial charge in [0.05, 0.1) is 45.9 Å². The molecular formula is C24H26Cl2O8S2. The topological polar surface area (TPSA) is 105 Å². The minimum Gasteiger partial charge on any atom is -0.469 e. The van der Waals surface area contributed by atoms with E-state index in [0.29, 0.717) is 44.5 Å². The van der Waals surface area contributed by atoms with Crippen LogP contribution in [0.3, 0.4) is 0 Å². The molecule has 2 fully saturated rings. The fourth-order valence-electron chi connectivity index (χ4n) is 4.11. The third-order valence-electron chi connectivity index (χ3n) is 6.14. The number of Topliss-reactive ketones (excluding diaryl/α,β-unsaturated/α-hetero) is 2. The van der Waals surface area contributed by atoms with Gasteiger partial charge in [-0.1, -0.05) is 23.2 Å². The second kappa shape index (κ2) is 12.6. The van der Waals surface area contributed by atoms with E-state index in [1.165, 1.54) is 36.9 Å². The minimum absolute atomic E-state index is 0.0946. The van der Waals surface area contributed by atoms with Crippen LogP contribution in [0.2, 0.25) is 8.67 Å². The Labute approximate surface area is 226 Å². The van der Waals surface area contributed by atoms with E-state index < -0.39 is 10.8 Å². The van der Waals surface area contributed by atoms with E-state index in [2.05, 4.69) is 0 Å². The third kappa shape index (κ3) is 6.73. The Morgan fingerprint density at radius 2 is 1.17 bits per heavy atom. The van der Waals surface area contributed by atoms with Crippen LogP contribution in [-0.2, 0) is 28.5 Å². The first-order chi connectivity index (χ1) is 17.1. The Bertz CT molecular complexity index is 1010. The van der Waals surface area contributed by atoms with E-state index in [1.54, 1.807) is 24.3 Å². The van der Waals surface area contributed by atoms with Crippen molar-refractivity contribution in [1.82, 2.24) is 0 Å². The van der Waals surface area contributed by atoms with Crippen LogP contribution in [-0.4, -0.2) is 64.2 Å². The van der Waals surface area contributed by atoms with Crippen molar-refractivity contribution in [2.24, 2.45) is 10.8 Å². The van der Waals surface area contributed by atoms with E-state index >= 15 is 0 Å². The molecule has 0 aromatic carbocycles. The average molecular weight is 578 g/mol. The van der Waals surface area contributed by atoms with Gasteiger partial charge in [0.1, 0.15) is 10.8 Å². The molecular weight excluding hydrogens is 551 g/mol. The van der Waals surface area contributed by atoms with Crippen LogP contribution in [0.15, 0.2) is 24.3 Å². The van der Waals surface area contributed by atoms with Gasteiger partial charge in [-0.2, -0.15) is 0 Å². The molecule has 2 aromatic heterocycles. The number of ether oxygens (including phenoxy) is 4. The lowest BCUT2D eigenvalue weighted by molar-refractivity contribution is -0.153. The lowest BCUT2D eigenvalue weighted by atomic mass is 9.82. The maximum absolute atomic E-state index is 12.1. The van der Waals surface area contributed by atoms with Crippen LogP contribution in [0, 0.1) is 10.8 Å².